The van der Waals surface area contributed by atoms with Gasteiger partial charge in [-0.2, -0.15) is 0 Å². The molecule has 0 bridgehead atoms. The van der Waals surface area contributed by atoms with E-state index in [4.69, 9.17) is 9.84 Å². The molecular formula is C9H16O3. The van der Waals surface area contributed by atoms with Crippen molar-refractivity contribution in [2.75, 3.05) is 13.2 Å². The zero-order valence-corrected chi connectivity index (χ0v) is 7.67. The molecule has 70 valence electrons. The van der Waals surface area contributed by atoms with Crippen molar-refractivity contribution in [3.05, 3.63) is 0 Å². The summed E-state index contributed by atoms with van der Waals surface area (Å²) >= 11 is 0. The topological polar surface area (TPSA) is 46.5 Å². The van der Waals surface area contributed by atoms with Crippen LogP contribution in [0.5, 0.6) is 0 Å². The van der Waals surface area contributed by atoms with Crippen molar-refractivity contribution in [3.63, 3.8) is 0 Å². The first-order valence-electron chi connectivity index (χ1n) is 4.41. The molecule has 0 aromatic rings. The maximum atomic E-state index is 11.1. The van der Waals surface area contributed by atoms with E-state index in [1.165, 1.54) is 0 Å². The molecule has 1 saturated heterocycles. The SMILES string of the molecule is CC(C)C1(C(=O)O)CCOCC1. The summed E-state index contributed by atoms with van der Waals surface area (Å²) in [7, 11) is 0. The van der Waals surface area contributed by atoms with Crippen molar-refractivity contribution in [3.8, 4) is 0 Å². The third-order valence-corrected chi connectivity index (χ3v) is 2.92. The van der Waals surface area contributed by atoms with Crippen LogP contribution in [-0.4, -0.2) is 24.3 Å². The molecule has 3 nitrogen and oxygen atoms in total. The minimum Gasteiger partial charge on any atom is -0.481 e. The lowest BCUT2D eigenvalue weighted by molar-refractivity contribution is -0.159. The fourth-order valence-corrected chi connectivity index (χ4v) is 1.77. The molecule has 0 radical (unpaired) electrons. The Morgan fingerprint density at radius 2 is 1.92 bits per heavy atom. The quantitative estimate of drug-likeness (QED) is 0.687. The summed E-state index contributed by atoms with van der Waals surface area (Å²) in [6.07, 6.45) is 1.31. The molecule has 0 atom stereocenters. The van der Waals surface area contributed by atoms with Gasteiger partial charge < -0.3 is 9.84 Å². The van der Waals surface area contributed by atoms with Crippen LogP contribution in [0.15, 0.2) is 0 Å². The van der Waals surface area contributed by atoms with Crippen molar-refractivity contribution >= 4 is 5.97 Å². The monoisotopic (exact) mass is 172 g/mol. The Bertz CT molecular complexity index is 169. The van der Waals surface area contributed by atoms with Gasteiger partial charge in [0.2, 0.25) is 0 Å². The van der Waals surface area contributed by atoms with Gasteiger partial charge in [0, 0.05) is 13.2 Å². The van der Waals surface area contributed by atoms with Crippen molar-refractivity contribution in [2.24, 2.45) is 11.3 Å². The molecule has 12 heavy (non-hydrogen) atoms. The zero-order valence-electron chi connectivity index (χ0n) is 7.67. The fraction of sp³-hybridized carbons (Fsp3) is 0.889. The lowest BCUT2D eigenvalue weighted by atomic mass is 9.71. The Morgan fingerprint density at radius 3 is 2.17 bits per heavy atom. The summed E-state index contributed by atoms with van der Waals surface area (Å²) < 4.78 is 5.16. The van der Waals surface area contributed by atoms with Gasteiger partial charge in [0.1, 0.15) is 0 Å². The van der Waals surface area contributed by atoms with Gasteiger partial charge in [0.25, 0.3) is 0 Å². The molecule has 3 heteroatoms. The summed E-state index contributed by atoms with van der Waals surface area (Å²) in [5.41, 5.74) is -0.530. The number of carbonyl (C=O) groups is 1. The predicted molar refractivity (Wildman–Crippen MR) is 45.0 cm³/mol. The lowest BCUT2D eigenvalue weighted by Crippen LogP contribution is -2.41. The fourth-order valence-electron chi connectivity index (χ4n) is 1.77. The van der Waals surface area contributed by atoms with Crippen LogP contribution in [0.2, 0.25) is 0 Å². The van der Waals surface area contributed by atoms with E-state index in [1.807, 2.05) is 13.8 Å². The average Bonchev–Trinajstić information content (AvgIpc) is 2.05. The van der Waals surface area contributed by atoms with Gasteiger partial charge in [-0.25, -0.2) is 0 Å². The van der Waals surface area contributed by atoms with Gasteiger partial charge in [0.15, 0.2) is 0 Å². The third kappa shape index (κ3) is 1.46. The van der Waals surface area contributed by atoms with Gasteiger partial charge >= 0.3 is 5.97 Å². The Morgan fingerprint density at radius 1 is 1.42 bits per heavy atom. The van der Waals surface area contributed by atoms with Crippen molar-refractivity contribution in [1.82, 2.24) is 0 Å². The van der Waals surface area contributed by atoms with Crippen LogP contribution < -0.4 is 0 Å². The number of ether oxygens (including phenoxy) is 1. The first kappa shape index (κ1) is 9.52. The highest BCUT2D eigenvalue weighted by atomic mass is 16.5. The van der Waals surface area contributed by atoms with Crippen LogP contribution in [0.4, 0.5) is 0 Å². The van der Waals surface area contributed by atoms with E-state index in [9.17, 15) is 4.79 Å². The van der Waals surface area contributed by atoms with Gasteiger partial charge in [-0.1, -0.05) is 13.8 Å². The van der Waals surface area contributed by atoms with E-state index in [1.54, 1.807) is 0 Å². The molecule has 1 rings (SSSR count). The van der Waals surface area contributed by atoms with Gasteiger partial charge in [-0.05, 0) is 18.8 Å². The maximum absolute atomic E-state index is 11.1. The largest absolute Gasteiger partial charge is 0.481 e. The second-order valence-corrected chi connectivity index (χ2v) is 3.73. The summed E-state index contributed by atoms with van der Waals surface area (Å²) in [6, 6.07) is 0. The number of carboxylic acids is 1. The molecule has 0 saturated carbocycles. The normalized spacial score (nSPS) is 22.6. The number of aliphatic carboxylic acids is 1. The lowest BCUT2D eigenvalue weighted by Gasteiger charge is -2.36. The van der Waals surface area contributed by atoms with Crippen LogP contribution in [0, 0.1) is 11.3 Å². The van der Waals surface area contributed by atoms with E-state index in [-0.39, 0.29) is 5.92 Å². The third-order valence-electron chi connectivity index (χ3n) is 2.92. The number of carboxylic acid groups (broad SMARTS) is 1. The van der Waals surface area contributed by atoms with Crippen molar-refractivity contribution in [1.29, 1.82) is 0 Å². The molecular weight excluding hydrogens is 156 g/mol. The molecule has 1 aliphatic heterocycles. The van der Waals surface area contributed by atoms with Gasteiger partial charge in [0.05, 0.1) is 5.41 Å². The van der Waals surface area contributed by atoms with E-state index < -0.39 is 11.4 Å². The molecule has 0 unspecified atom stereocenters. The zero-order chi connectivity index (χ0) is 9.19. The molecule has 1 N–H and O–H groups in total. The highest BCUT2D eigenvalue weighted by Gasteiger charge is 2.42. The smallest absolute Gasteiger partial charge is 0.310 e. The van der Waals surface area contributed by atoms with Crippen molar-refractivity contribution in [2.45, 2.75) is 26.7 Å². The molecule has 0 spiro atoms. The van der Waals surface area contributed by atoms with Crippen LogP contribution in [0.25, 0.3) is 0 Å². The Balaban J connectivity index is 2.77. The number of hydrogen-bond acceptors (Lipinski definition) is 2. The first-order chi connectivity index (χ1) is 5.59. The van der Waals surface area contributed by atoms with E-state index in [2.05, 4.69) is 0 Å². The highest BCUT2D eigenvalue weighted by molar-refractivity contribution is 5.75. The van der Waals surface area contributed by atoms with E-state index in [0.717, 1.165) is 0 Å². The van der Waals surface area contributed by atoms with Gasteiger partial charge in [-0.3, -0.25) is 4.79 Å². The van der Waals surface area contributed by atoms with Crippen LogP contribution in [0.1, 0.15) is 26.7 Å². The first-order valence-corrected chi connectivity index (χ1v) is 4.41. The minimum atomic E-state index is -0.666. The van der Waals surface area contributed by atoms with Crippen LogP contribution >= 0.6 is 0 Å². The Kier molecular flexibility index (Phi) is 2.73. The average molecular weight is 172 g/mol. The van der Waals surface area contributed by atoms with Gasteiger partial charge in [-0.15, -0.1) is 0 Å². The Hall–Kier alpha value is -0.570. The van der Waals surface area contributed by atoms with E-state index in [0.29, 0.717) is 26.1 Å². The van der Waals surface area contributed by atoms with Crippen molar-refractivity contribution < 1.29 is 14.6 Å². The molecule has 1 fully saturated rings. The second kappa shape index (κ2) is 3.44. The maximum Gasteiger partial charge on any atom is 0.310 e. The molecule has 1 aliphatic rings. The summed E-state index contributed by atoms with van der Waals surface area (Å²) in [6.45, 7) is 5.12. The molecule has 0 aliphatic carbocycles. The molecule has 0 aromatic carbocycles. The minimum absolute atomic E-state index is 0.193. The second-order valence-electron chi connectivity index (χ2n) is 3.73. The standard InChI is InChI=1S/C9H16O3/c1-7(2)9(8(10)11)3-5-12-6-4-9/h7H,3-6H2,1-2H3,(H,10,11). The summed E-state index contributed by atoms with van der Waals surface area (Å²) in [5, 5.41) is 9.10. The van der Waals surface area contributed by atoms with E-state index >= 15 is 0 Å². The molecule has 0 amide bonds. The highest BCUT2D eigenvalue weighted by Crippen LogP contribution is 2.38. The van der Waals surface area contributed by atoms with Crippen LogP contribution in [0.3, 0.4) is 0 Å². The summed E-state index contributed by atoms with van der Waals surface area (Å²) in [4.78, 5) is 11.1. The molecule has 1 heterocycles. The number of hydrogen-bond donors (Lipinski definition) is 1. The molecule has 0 aromatic heterocycles. The van der Waals surface area contributed by atoms with Crippen LogP contribution in [-0.2, 0) is 9.53 Å². The summed E-state index contributed by atoms with van der Waals surface area (Å²) in [5.74, 6) is -0.473. The predicted octanol–water partition coefficient (Wildman–Crippen LogP) is 1.52. The number of rotatable bonds is 2. The Labute approximate surface area is 72.7 Å².